The van der Waals surface area contributed by atoms with Crippen LogP contribution in [-0.4, -0.2) is 48.7 Å². The van der Waals surface area contributed by atoms with Crippen LogP contribution in [0.25, 0.3) is 0 Å². The van der Waals surface area contributed by atoms with Crippen molar-refractivity contribution in [3.63, 3.8) is 0 Å². The maximum absolute atomic E-state index is 11.8. The summed E-state index contributed by atoms with van der Waals surface area (Å²) in [6.45, 7) is 7.35. The predicted molar refractivity (Wildman–Crippen MR) is 68.9 cm³/mol. The molecule has 1 heterocycles. The van der Waals surface area contributed by atoms with Gasteiger partial charge >= 0.3 is 0 Å². The highest BCUT2D eigenvalue weighted by Gasteiger charge is 2.35. The highest BCUT2D eigenvalue weighted by Crippen LogP contribution is 2.20. The van der Waals surface area contributed by atoms with E-state index in [0.29, 0.717) is 12.8 Å². The van der Waals surface area contributed by atoms with Gasteiger partial charge in [-0.3, -0.25) is 4.79 Å². The van der Waals surface area contributed by atoms with Crippen LogP contribution in [0.1, 0.15) is 33.6 Å². The van der Waals surface area contributed by atoms with E-state index in [0.717, 1.165) is 13.1 Å². The first-order chi connectivity index (χ1) is 8.26. The monoisotopic (exact) mass is 253 g/mol. The molecule has 1 N–H and O–H groups in total. The fourth-order valence-electron chi connectivity index (χ4n) is 1.85. The van der Waals surface area contributed by atoms with Crippen molar-refractivity contribution in [3.05, 3.63) is 0 Å². The average Bonchev–Trinajstić information content (AvgIpc) is 2.29. The molecule has 0 aromatic rings. The second-order valence-electron chi connectivity index (χ2n) is 5.95. The predicted octanol–water partition coefficient (Wildman–Crippen LogP) is 0.906. The molecule has 5 nitrogen and oxygen atoms in total. The van der Waals surface area contributed by atoms with Gasteiger partial charge in [0, 0.05) is 13.1 Å². The summed E-state index contributed by atoms with van der Waals surface area (Å²) in [4.78, 5) is 14.0. The number of nitriles is 1. The van der Waals surface area contributed by atoms with Crippen molar-refractivity contribution < 1.29 is 9.53 Å². The lowest BCUT2D eigenvalue weighted by Gasteiger charge is -2.36. The van der Waals surface area contributed by atoms with Crippen LogP contribution in [-0.2, 0) is 9.53 Å². The molecule has 0 aromatic heterocycles. The van der Waals surface area contributed by atoms with Crippen LogP contribution in [0.4, 0.5) is 0 Å². The van der Waals surface area contributed by atoms with E-state index in [4.69, 9.17) is 4.74 Å². The van der Waals surface area contributed by atoms with Crippen molar-refractivity contribution in [1.29, 1.82) is 5.26 Å². The Balaban J connectivity index is 2.49. The number of nitrogens with zero attached hydrogens (tertiary/aromatic N) is 2. The Hall–Kier alpha value is -1.12. The Labute approximate surface area is 109 Å². The number of amides is 1. The molecular formula is C13H23N3O2. The normalized spacial score (nSPS) is 20.2. The fraction of sp³-hybridized carbons (Fsp3) is 0.846. The zero-order chi connectivity index (χ0) is 13.8. The summed E-state index contributed by atoms with van der Waals surface area (Å²) in [5.74, 6) is -0.212. The largest absolute Gasteiger partial charge is 0.366 e. The molecule has 0 aromatic carbocycles. The quantitative estimate of drug-likeness (QED) is 0.812. The molecule has 0 aliphatic carbocycles. The van der Waals surface area contributed by atoms with Crippen LogP contribution in [0.2, 0.25) is 0 Å². The Bertz CT molecular complexity index is 333. The van der Waals surface area contributed by atoms with Gasteiger partial charge in [-0.15, -0.1) is 0 Å². The molecule has 1 saturated heterocycles. The molecule has 1 aliphatic rings. The van der Waals surface area contributed by atoms with Crippen LogP contribution >= 0.6 is 0 Å². The molecule has 1 amide bonds. The summed E-state index contributed by atoms with van der Waals surface area (Å²) in [5, 5.41) is 12.1. The van der Waals surface area contributed by atoms with Gasteiger partial charge in [-0.1, -0.05) is 0 Å². The first-order valence-electron chi connectivity index (χ1n) is 6.31. The van der Waals surface area contributed by atoms with Crippen LogP contribution < -0.4 is 5.32 Å². The van der Waals surface area contributed by atoms with Gasteiger partial charge in [0.1, 0.15) is 12.1 Å². The molecule has 1 rings (SSSR count). The average molecular weight is 253 g/mol. The lowest BCUT2D eigenvalue weighted by molar-refractivity contribution is -0.132. The Morgan fingerprint density at radius 1 is 1.44 bits per heavy atom. The van der Waals surface area contributed by atoms with Gasteiger partial charge in [-0.25, -0.2) is 0 Å². The number of ether oxygens (including phenoxy) is 1. The lowest BCUT2D eigenvalue weighted by atomic mass is 9.89. The Morgan fingerprint density at radius 2 is 2.00 bits per heavy atom. The highest BCUT2D eigenvalue weighted by molar-refractivity contribution is 5.78. The van der Waals surface area contributed by atoms with Gasteiger partial charge in [0.15, 0.2) is 0 Å². The Morgan fingerprint density at radius 3 is 2.44 bits per heavy atom. The second-order valence-corrected chi connectivity index (χ2v) is 5.95. The van der Waals surface area contributed by atoms with Gasteiger partial charge in [0.05, 0.1) is 11.7 Å². The number of carbonyl (C=O) groups is 1. The third kappa shape index (κ3) is 4.63. The number of carbonyl (C=O) groups excluding carboxylic acids is 1. The molecule has 0 atom stereocenters. The van der Waals surface area contributed by atoms with Crippen LogP contribution in [0.3, 0.4) is 0 Å². The molecule has 5 heteroatoms. The van der Waals surface area contributed by atoms with E-state index in [1.54, 1.807) is 0 Å². The molecular weight excluding hydrogens is 230 g/mol. The van der Waals surface area contributed by atoms with E-state index in [9.17, 15) is 10.1 Å². The molecule has 0 bridgehead atoms. The molecule has 0 saturated carbocycles. The molecule has 1 fully saturated rings. The lowest BCUT2D eigenvalue weighted by Crippen LogP contribution is -2.54. The zero-order valence-electron chi connectivity index (χ0n) is 11.7. The first-order valence-corrected chi connectivity index (χ1v) is 6.31. The van der Waals surface area contributed by atoms with Crippen LogP contribution in [0.15, 0.2) is 0 Å². The smallest absolute Gasteiger partial charge is 0.247 e. The van der Waals surface area contributed by atoms with Crippen molar-refractivity contribution in [3.8, 4) is 6.07 Å². The topological polar surface area (TPSA) is 65.4 Å². The molecule has 18 heavy (non-hydrogen) atoms. The van der Waals surface area contributed by atoms with Gasteiger partial charge in [-0.05, 0) is 40.7 Å². The zero-order valence-corrected chi connectivity index (χ0v) is 11.7. The number of nitrogens with one attached hydrogen (secondary N) is 1. The maximum Gasteiger partial charge on any atom is 0.247 e. The van der Waals surface area contributed by atoms with Crippen molar-refractivity contribution in [2.45, 2.75) is 44.8 Å². The molecule has 0 unspecified atom stereocenters. The summed E-state index contributed by atoms with van der Waals surface area (Å²) < 4.78 is 5.41. The number of rotatable bonds is 3. The van der Waals surface area contributed by atoms with Crippen LogP contribution in [0, 0.1) is 11.3 Å². The number of piperidine rings is 1. The van der Waals surface area contributed by atoms with Gasteiger partial charge < -0.3 is 15.0 Å². The summed E-state index contributed by atoms with van der Waals surface area (Å²) >= 11 is 0. The third-order valence-corrected chi connectivity index (χ3v) is 3.07. The van der Waals surface area contributed by atoms with Crippen molar-refractivity contribution in [1.82, 2.24) is 10.2 Å². The maximum atomic E-state index is 11.8. The number of likely N-dealkylation sites (tertiary alicyclic amines) is 1. The summed E-state index contributed by atoms with van der Waals surface area (Å²) in [7, 11) is 2.02. The minimum Gasteiger partial charge on any atom is -0.366 e. The van der Waals surface area contributed by atoms with Gasteiger partial charge in [-0.2, -0.15) is 5.26 Å². The minimum absolute atomic E-state index is 0.00275. The first kappa shape index (κ1) is 14.9. The minimum atomic E-state index is -0.717. The van der Waals surface area contributed by atoms with Gasteiger partial charge in [0.25, 0.3) is 0 Å². The van der Waals surface area contributed by atoms with Crippen molar-refractivity contribution in [2.24, 2.45) is 0 Å². The Kier molecular flexibility index (Phi) is 4.71. The molecule has 0 radical (unpaired) electrons. The van der Waals surface area contributed by atoms with Crippen molar-refractivity contribution in [2.75, 3.05) is 26.7 Å². The van der Waals surface area contributed by atoms with Crippen molar-refractivity contribution >= 4 is 5.91 Å². The summed E-state index contributed by atoms with van der Waals surface area (Å²) in [6, 6.07) is 2.25. The second kappa shape index (κ2) is 5.68. The molecule has 0 spiro atoms. The number of hydrogen-bond acceptors (Lipinski definition) is 4. The van der Waals surface area contributed by atoms with E-state index in [1.807, 2.05) is 27.8 Å². The van der Waals surface area contributed by atoms with E-state index in [2.05, 4.69) is 16.3 Å². The third-order valence-electron chi connectivity index (χ3n) is 3.07. The van der Waals surface area contributed by atoms with E-state index in [1.165, 1.54) is 0 Å². The fourth-order valence-corrected chi connectivity index (χ4v) is 1.85. The molecule has 1 aliphatic heterocycles. The van der Waals surface area contributed by atoms with E-state index in [-0.39, 0.29) is 18.1 Å². The number of hydrogen-bond donors (Lipinski definition) is 1. The SMILES string of the molecule is CN1CCC(C#N)(NC(=O)COC(C)(C)C)CC1. The summed E-state index contributed by atoms with van der Waals surface area (Å²) in [5.41, 5.74) is -1.06. The summed E-state index contributed by atoms with van der Waals surface area (Å²) in [6.07, 6.45) is 1.34. The molecule has 102 valence electrons. The van der Waals surface area contributed by atoms with E-state index < -0.39 is 5.54 Å². The van der Waals surface area contributed by atoms with Gasteiger partial charge in [0.2, 0.25) is 5.91 Å². The highest BCUT2D eigenvalue weighted by atomic mass is 16.5. The standard InChI is InChI=1S/C13H23N3O2/c1-12(2,3)18-9-11(17)15-13(10-14)5-7-16(4)8-6-13/h5-9H2,1-4H3,(H,15,17). The van der Waals surface area contributed by atoms with Crippen LogP contribution in [0.5, 0.6) is 0 Å². The van der Waals surface area contributed by atoms with E-state index >= 15 is 0 Å².